The fourth-order valence-electron chi connectivity index (χ4n) is 3.69. The molecule has 2 aliphatic carbocycles. The van der Waals surface area contributed by atoms with E-state index in [1.165, 1.54) is 0 Å². The van der Waals surface area contributed by atoms with Crippen molar-refractivity contribution in [2.24, 2.45) is 0 Å². The van der Waals surface area contributed by atoms with Gasteiger partial charge in [-0.05, 0) is 38.2 Å². The molecule has 0 spiro atoms. The number of aromatic nitrogens is 5. The SMILES string of the molecule is O=S(=O)(N[C@@H]1CC[C@H](c2nnc3cnc4[nH]ccc4n23)C1)C1CC1. The Morgan fingerprint density at radius 2 is 2.08 bits per heavy atom. The number of hydrogen-bond donors (Lipinski definition) is 2. The first-order valence-electron chi connectivity index (χ1n) is 8.30. The maximum absolute atomic E-state index is 12.1. The number of nitrogens with one attached hydrogen (secondary N) is 2. The lowest BCUT2D eigenvalue weighted by atomic mass is 10.1. The van der Waals surface area contributed by atoms with Crippen LogP contribution < -0.4 is 4.72 Å². The summed E-state index contributed by atoms with van der Waals surface area (Å²) in [5, 5.41) is 8.43. The molecule has 0 aliphatic heterocycles. The van der Waals surface area contributed by atoms with Crippen LogP contribution in [0, 0.1) is 0 Å². The molecular weight excluding hydrogens is 328 g/mol. The van der Waals surface area contributed by atoms with Crippen molar-refractivity contribution in [1.29, 1.82) is 0 Å². The van der Waals surface area contributed by atoms with Gasteiger partial charge in [-0.15, -0.1) is 10.2 Å². The van der Waals surface area contributed by atoms with Crippen LogP contribution in [-0.4, -0.2) is 44.3 Å². The van der Waals surface area contributed by atoms with E-state index >= 15 is 0 Å². The first-order valence-corrected chi connectivity index (χ1v) is 9.85. The molecule has 8 nitrogen and oxygen atoms in total. The van der Waals surface area contributed by atoms with Crippen LogP contribution in [0.5, 0.6) is 0 Å². The third-order valence-corrected chi connectivity index (χ3v) is 7.07. The van der Waals surface area contributed by atoms with Crippen LogP contribution in [0.2, 0.25) is 0 Å². The molecule has 0 unspecified atom stereocenters. The van der Waals surface area contributed by atoms with Crippen molar-refractivity contribution >= 4 is 26.8 Å². The Morgan fingerprint density at radius 1 is 1.21 bits per heavy atom. The molecule has 2 saturated carbocycles. The van der Waals surface area contributed by atoms with Gasteiger partial charge in [-0.1, -0.05) is 0 Å². The topological polar surface area (TPSA) is 105 Å². The van der Waals surface area contributed by atoms with Gasteiger partial charge >= 0.3 is 0 Å². The summed E-state index contributed by atoms with van der Waals surface area (Å²) in [7, 11) is -3.14. The van der Waals surface area contributed by atoms with Crippen LogP contribution in [0.1, 0.15) is 43.8 Å². The van der Waals surface area contributed by atoms with Crippen molar-refractivity contribution in [3.8, 4) is 0 Å². The van der Waals surface area contributed by atoms with Gasteiger partial charge in [0.05, 0.1) is 17.0 Å². The fourth-order valence-corrected chi connectivity index (χ4v) is 5.32. The zero-order valence-corrected chi connectivity index (χ0v) is 13.8. The van der Waals surface area contributed by atoms with Crippen LogP contribution in [0.15, 0.2) is 18.5 Å². The lowest BCUT2D eigenvalue weighted by molar-refractivity contribution is 0.545. The van der Waals surface area contributed by atoms with Crippen LogP contribution in [-0.2, 0) is 10.0 Å². The van der Waals surface area contributed by atoms with Crippen LogP contribution in [0.4, 0.5) is 0 Å². The normalized spacial score (nSPS) is 25.0. The highest BCUT2D eigenvalue weighted by molar-refractivity contribution is 7.90. The average molecular weight is 346 g/mol. The Hall–Kier alpha value is -2.00. The summed E-state index contributed by atoms with van der Waals surface area (Å²) in [4.78, 5) is 7.43. The van der Waals surface area contributed by atoms with Crippen molar-refractivity contribution < 1.29 is 8.42 Å². The molecule has 0 saturated heterocycles. The number of hydrogen-bond acceptors (Lipinski definition) is 5. The van der Waals surface area contributed by atoms with Crippen LogP contribution in [0.25, 0.3) is 16.8 Å². The molecule has 0 radical (unpaired) electrons. The van der Waals surface area contributed by atoms with Gasteiger partial charge in [0.25, 0.3) is 0 Å². The molecular formula is C15H18N6O2S. The second-order valence-corrected chi connectivity index (χ2v) is 8.78. The van der Waals surface area contributed by atoms with Gasteiger partial charge in [0.15, 0.2) is 11.3 Å². The summed E-state index contributed by atoms with van der Waals surface area (Å²) in [5.41, 5.74) is 2.47. The van der Waals surface area contributed by atoms with Gasteiger partial charge in [-0.2, -0.15) is 0 Å². The maximum Gasteiger partial charge on any atom is 0.214 e. The molecule has 2 aliphatic rings. The predicted molar refractivity (Wildman–Crippen MR) is 88.1 cm³/mol. The van der Waals surface area contributed by atoms with E-state index in [1.54, 1.807) is 6.20 Å². The van der Waals surface area contributed by atoms with E-state index < -0.39 is 10.0 Å². The quantitative estimate of drug-likeness (QED) is 0.741. The van der Waals surface area contributed by atoms with E-state index in [2.05, 4.69) is 24.9 Å². The van der Waals surface area contributed by atoms with Crippen LogP contribution >= 0.6 is 0 Å². The minimum Gasteiger partial charge on any atom is -0.345 e. The van der Waals surface area contributed by atoms with Gasteiger partial charge in [-0.25, -0.2) is 18.1 Å². The molecule has 3 aromatic heterocycles. The molecule has 0 bridgehead atoms. The summed E-state index contributed by atoms with van der Waals surface area (Å²) in [6.07, 6.45) is 7.65. The van der Waals surface area contributed by atoms with Crippen LogP contribution in [0.3, 0.4) is 0 Å². The molecule has 3 aromatic rings. The van der Waals surface area contributed by atoms with E-state index in [4.69, 9.17) is 0 Å². The zero-order chi connectivity index (χ0) is 16.3. The smallest absolute Gasteiger partial charge is 0.214 e. The molecule has 5 rings (SSSR count). The highest BCUT2D eigenvalue weighted by Crippen LogP contribution is 2.36. The zero-order valence-electron chi connectivity index (χ0n) is 13.0. The molecule has 9 heteroatoms. The number of nitrogens with zero attached hydrogens (tertiary/aromatic N) is 4. The van der Waals surface area contributed by atoms with Crippen molar-refractivity contribution in [3.05, 3.63) is 24.3 Å². The number of H-pyrrole nitrogens is 1. The molecule has 126 valence electrons. The predicted octanol–water partition coefficient (Wildman–Crippen LogP) is 1.32. The molecule has 0 amide bonds. The maximum atomic E-state index is 12.1. The second kappa shape index (κ2) is 5.00. The number of rotatable bonds is 4. The van der Waals surface area contributed by atoms with E-state index in [-0.39, 0.29) is 17.2 Å². The highest BCUT2D eigenvalue weighted by atomic mass is 32.2. The van der Waals surface area contributed by atoms with E-state index in [0.29, 0.717) is 0 Å². The summed E-state index contributed by atoms with van der Waals surface area (Å²) in [6, 6.07) is 1.96. The lowest BCUT2D eigenvalue weighted by Crippen LogP contribution is -2.35. The van der Waals surface area contributed by atoms with Gasteiger partial charge in [0, 0.05) is 18.2 Å². The number of sulfonamides is 1. The van der Waals surface area contributed by atoms with Gasteiger partial charge in [0.1, 0.15) is 5.82 Å². The van der Waals surface area contributed by atoms with E-state index in [9.17, 15) is 8.42 Å². The first kappa shape index (κ1) is 14.4. The Labute approximate surface area is 138 Å². The van der Waals surface area contributed by atoms with Gasteiger partial charge in [0.2, 0.25) is 10.0 Å². The third kappa shape index (κ3) is 2.22. The lowest BCUT2D eigenvalue weighted by Gasteiger charge is -2.13. The van der Waals surface area contributed by atoms with Gasteiger partial charge < -0.3 is 4.98 Å². The first-order chi connectivity index (χ1) is 11.6. The minimum atomic E-state index is -3.14. The Balaban J connectivity index is 1.45. The van der Waals surface area contributed by atoms with E-state index in [1.807, 2.05) is 16.7 Å². The van der Waals surface area contributed by atoms with Crippen molar-refractivity contribution in [1.82, 2.24) is 29.3 Å². The molecule has 24 heavy (non-hydrogen) atoms. The fraction of sp³-hybridized carbons (Fsp3) is 0.533. The summed E-state index contributed by atoms with van der Waals surface area (Å²) < 4.78 is 29.2. The largest absolute Gasteiger partial charge is 0.345 e. The Kier molecular flexibility index (Phi) is 2.99. The third-order valence-electron chi connectivity index (χ3n) is 5.06. The van der Waals surface area contributed by atoms with Gasteiger partial charge in [-0.3, -0.25) is 4.40 Å². The Bertz CT molecular complexity index is 1020. The monoisotopic (exact) mass is 346 g/mol. The van der Waals surface area contributed by atoms with Crippen molar-refractivity contribution in [2.75, 3.05) is 0 Å². The molecule has 2 atom stereocenters. The van der Waals surface area contributed by atoms with Crippen molar-refractivity contribution in [3.63, 3.8) is 0 Å². The van der Waals surface area contributed by atoms with E-state index in [0.717, 1.165) is 54.7 Å². The molecule has 2 fully saturated rings. The molecule has 0 aromatic carbocycles. The molecule has 2 N–H and O–H groups in total. The minimum absolute atomic E-state index is 0.00324. The highest BCUT2D eigenvalue weighted by Gasteiger charge is 2.39. The average Bonchev–Trinajstić information content (AvgIpc) is 2.96. The Morgan fingerprint density at radius 3 is 2.92 bits per heavy atom. The molecule has 3 heterocycles. The summed E-state index contributed by atoms with van der Waals surface area (Å²) in [6.45, 7) is 0. The second-order valence-electron chi connectivity index (χ2n) is 6.79. The summed E-state index contributed by atoms with van der Waals surface area (Å²) >= 11 is 0. The number of aromatic amines is 1. The number of fused-ring (bicyclic) bond motifs is 3. The standard InChI is InChI=1S/C15H18N6O2S/c22-24(23,11-3-4-11)20-10-2-1-9(7-10)15-19-18-13-8-17-14-12(21(13)15)5-6-16-14/h5-6,8-11,16,20H,1-4,7H2/t9-,10+/m0/s1. The summed E-state index contributed by atoms with van der Waals surface area (Å²) in [5.74, 6) is 1.09. The van der Waals surface area contributed by atoms with Crippen molar-refractivity contribution in [2.45, 2.75) is 49.3 Å².